The van der Waals surface area contributed by atoms with E-state index in [2.05, 4.69) is 10.0 Å². The highest BCUT2D eigenvalue weighted by atomic mass is 32.2. The molecule has 0 radical (unpaired) electrons. The summed E-state index contributed by atoms with van der Waals surface area (Å²) in [6, 6.07) is 1.67. The number of nitrogens with one attached hydrogen (secondary N) is 2. The van der Waals surface area contributed by atoms with Crippen molar-refractivity contribution in [1.29, 1.82) is 0 Å². The zero-order valence-electron chi connectivity index (χ0n) is 11.4. The van der Waals surface area contributed by atoms with E-state index < -0.39 is 15.9 Å². The number of carbonyl (C=O) groups excluding carboxylic acids is 1. The second-order valence-electron chi connectivity index (χ2n) is 5.02. The molecule has 1 aliphatic rings. The summed E-state index contributed by atoms with van der Waals surface area (Å²) in [5.41, 5.74) is 5.34. The molecule has 0 aromatic carbocycles. The molecule has 0 saturated carbocycles. The molecule has 0 aliphatic carbocycles. The smallest absolute Gasteiger partial charge is 0.265 e. The van der Waals surface area contributed by atoms with Crippen molar-refractivity contribution in [2.75, 3.05) is 13.1 Å². The molecule has 0 unspecified atom stereocenters. The van der Waals surface area contributed by atoms with Crippen LogP contribution >= 0.6 is 0 Å². The van der Waals surface area contributed by atoms with Crippen LogP contribution in [0.15, 0.2) is 17.2 Å². The van der Waals surface area contributed by atoms with Gasteiger partial charge in [0.15, 0.2) is 0 Å². The van der Waals surface area contributed by atoms with Crippen molar-refractivity contribution >= 4 is 15.9 Å². The average Bonchev–Trinajstić information content (AvgIpc) is 2.98. The first kappa shape index (κ1) is 15.0. The molecule has 8 heteroatoms. The number of sulfonamides is 1. The number of rotatable bonds is 6. The first-order valence-electron chi connectivity index (χ1n) is 6.59. The maximum Gasteiger partial charge on any atom is 0.265 e. The van der Waals surface area contributed by atoms with E-state index in [0.717, 1.165) is 25.8 Å². The minimum Gasteiger partial charge on any atom is -0.364 e. The molecule has 1 aromatic heterocycles. The summed E-state index contributed by atoms with van der Waals surface area (Å²) < 4.78 is 28.2. The summed E-state index contributed by atoms with van der Waals surface area (Å²) in [6.07, 6.45) is 4.36. The van der Waals surface area contributed by atoms with Crippen LogP contribution in [-0.4, -0.2) is 38.0 Å². The standard InChI is InChI=1S/C12H20N4O3S/c1-16-8-10(7-11(16)12(13)17)20(18,19)15-6-4-9-3-2-5-14-9/h7-9,14-15H,2-6H2,1H3,(H2,13,17)/t9-/m0/s1. The van der Waals surface area contributed by atoms with Gasteiger partial charge in [0, 0.05) is 25.8 Å². The largest absolute Gasteiger partial charge is 0.364 e. The zero-order chi connectivity index (χ0) is 14.8. The molecule has 0 spiro atoms. The average molecular weight is 300 g/mol. The topological polar surface area (TPSA) is 106 Å². The summed E-state index contributed by atoms with van der Waals surface area (Å²) in [7, 11) is -2.01. The lowest BCUT2D eigenvalue weighted by Gasteiger charge is -2.10. The molecule has 1 aliphatic heterocycles. The van der Waals surface area contributed by atoms with Gasteiger partial charge in [0.05, 0.1) is 0 Å². The first-order valence-corrected chi connectivity index (χ1v) is 8.07. The van der Waals surface area contributed by atoms with Gasteiger partial charge in [0.25, 0.3) is 5.91 Å². The maximum atomic E-state index is 12.1. The number of hydrogen-bond donors (Lipinski definition) is 3. The molecular weight excluding hydrogens is 280 g/mol. The summed E-state index contributed by atoms with van der Waals surface area (Å²) >= 11 is 0. The molecule has 1 saturated heterocycles. The summed E-state index contributed by atoms with van der Waals surface area (Å²) in [4.78, 5) is 11.2. The van der Waals surface area contributed by atoms with E-state index in [1.54, 1.807) is 7.05 Å². The quantitative estimate of drug-likeness (QED) is 0.661. The van der Waals surface area contributed by atoms with Crippen LogP contribution in [0.25, 0.3) is 0 Å². The van der Waals surface area contributed by atoms with Gasteiger partial charge in [-0.15, -0.1) is 0 Å². The van der Waals surface area contributed by atoms with Gasteiger partial charge in [-0.1, -0.05) is 0 Å². The Morgan fingerprint density at radius 3 is 2.90 bits per heavy atom. The lowest BCUT2D eigenvalue weighted by Crippen LogP contribution is -2.30. The van der Waals surface area contributed by atoms with E-state index >= 15 is 0 Å². The van der Waals surface area contributed by atoms with Crippen LogP contribution in [0.3, 0.4) is 0 Å². The van der Waals surface area contributed by atoms with Crippen molar-refractivity contribution in [2.24, 2.45) is 12.8 Å². The molecule has 0 bridgehead atoms. The van der Waals surface area contributed by atoms with Crippen LogP contribution < -0.4 is 15.8 Å². The number of hydrogen-bond acceptors (Lipinski definition) is 4. The van der Waals surface area contributed by atoms with Crippen LogP contribution in [0.1, 0.15) is 29.8 Å². The molecule has 112 valence electrons. The Labute approximate surface area is 118 Å². The van der Waals surface area contributed by atoms with Crippen LogP contribution in [0.5, 0.6) is 0 Å². The van der Waals surface area contributed by atoms with Crippen molar-refractivity contribution in [2.45, 2.75) is 30.2 Å². The highest BCUT2D eigenvalue weighted by Crippen LogP contribution is 2.13. The van der Waals surface area contributed by atoms with Gasteiger partial charge in [-0.05, 0) is 31.9 Å². The Balaban J connectivity index is 1.98. The second kappa shape index (κ2) is 5.94. The molecular formula is C12H20N4O3S. The van der Waals surface area contributed by atoms with E-state index in [-0.39, 0.29) is 10.6 Å². The van der Waals surface area contributed by atoms with Crippen molar-refractivity contribution < 1.29 is 13.2 Å². The fourth-order valence-electron chi connectivity index (χ4n) is 2.38. The zero-order valence-corrected chi connectivity index (χ0v) is 12.2. The van der Waals surface area contributed by atoms with Crippen LogP contribution in [0.4, 0.5) is 0 Å². The number of aromatic nitrogens is 1. The Morgan fingerprint density at radius 2 is 2.35 bits per heavy atom. The third-order valence-corrected chi connectivity index (χ3v) is 4.92. The van der Waals surface area contributed by atoms with E-state index in [0.29, 0.717) is 12.6 Å². The van der Waals surface area contributed by atoms with Crippen molar-refractivity contribution in [3.63, 3.8) is 0 Å². The van der Waals surface area contributed by atoms with Gasteiger partial charge in [-0.25, -0.2) is 13.1 Å². The molecule has 1 amide bonds. The van der Waals surface area contributed by atoms with Crippen LogP contribution in [0, 0.1) is 0 Å². The molecule has 4 N–H and O–H groups in total. The van der Waals surface area contributed by atoms with Gasteiger partial charge in [-0.3, -0.25) is 4.79 Å². The fraction of sp³-hybridized carbons (Fsp3) is 0.583. The first-order chi connectivity index (χ1) is 9.40. The fourth-order valence-corrected chi connectivity index (χ4v) is 3.50. The maximum absolute atomic E-state index is 12.1. The summed E-state index contributed by atoms with van der Waals surface area (Å²) in [6.45, 7) is 1.37. The van der Waals surface area contributed by atoms with Crippen molar-refractivity contribution in [3.05, 3.63) is 18.0 Å². The Kier molecular flexibility index (Phi) is 4.46. The lowest BCUT2D eigenvalue weighted by atomic mass is 10.2. The molecule has 2 heterocycles. The predicted molar refractivity (Wildman–Crippen MR) is 74.8 cm³/mol. The molecule has 1 aromatic rings. The van der Waals surface area contributed by atoms with E-state index in [1.807, 2.05) is 0 Å². The lowest BCUT2D eigenvalue weighted by molar-refractivity contribution is 0.0992. The number of primary amides is 1. The Bertz CT molecular complexity index is 588. The van der Waals surface area contributed by atoms with Crippen LogP contribution in [-0.2, 0) is 17.1 Å². The molecule has 1 fully saturated rings. The van der Waals surface area contributed by atoms with E-state index in [4.69, 9.17) is 5.73 Å². The molecule has 20 heavy (non-hydrogen) atoms. The van der Waals surface area contributed by atoms with Gasteiger partial charge < -0.3 is 15.6 Å². The minimum atomic E-state index is -3.59. The summed E-state index contributed by atoms with van der Waals surface area (Å²) in [5.74, 6) is -0.649. The predicted octanol–water partition coefficient (Wildman–Crippen LogP) is -0.456. The van der Waals surface area contributed by atoms with Crippen LogP contribution in [0.2, 0.25) is 0 Å². The number of nitrogens with zero attached hydrogens (tertiary/aromatic N) is 1. The van der Waals surface area contributed by atoms with Crippen molar-refractivity contribution in [3.8, 4) is 0 Å². The Morgan fingerprint density at radius 1 is 1.60 bits per heavy atom. The summed E-state index contributed by atoms with van der Waals surface area (Å²) in [5, 5.41) is 3.31. The second-order valence-corrected chi connectivity index (χ2v) is 6.78. The molecule has 1 atom stereocenters. The number of nitrogens with two attached hydrogens (primary N) is 1. The number of amides is 1. The van der Waals surface area contributed by atoms with Crippen molar-refractivity contribution in [1.82, 2.24) is 14.6 Å². The third kappa shape index (κ3) is 3.38. The minimum absolute atomic E-state index is 0.0631. The SMILES string of the molecule is Cn1cc(S(=O)(=O)NCC[C@@H]2CCCN2)cc1C(N)=O. The third-order valence-electron chi connectivity index (χ3n) is 3.49. The monoisotopic (exact) mass is 300 g/mol. The normalized spacial score (nSPS) is 19.4. The highest BCUT2D eigenvalue weighted by molar-refractivity contribution is 7.89. The van der Waals surface area contributed by atoms with E-state index in [1.165, 1.54) is 16.8 Å². The molecule has 2 rings (SSSR count). The van der Waals surface area contributed by atoms with Gasteiger partial charge in [0.1, 0.15) is 10.6 Å². The highest BCUT2D eigenvalue weighted by Gasteiger charge is 2.20. The number of aryl methyl sites for hydroxylation is 1. The van der Waals surface area contributed by atoms with Gasteiger partial charge >= 0.3 is 0 Å². The number of carbonyl (C=O) groups is 1. The van der Waals surface area contributed by atoms with E-state index in [9.17, 15) is 13.2 Å². The van der Waals surface area contributed by atoms with Gasteiger partial charge in [0.2, 0.25) is 10.0 Å². The Hall–Kier alpha value is -1.38. The van der Waals surface area contributed by atoms with Gasteiger partial charge in [-0.2, -0.15) is 0 Å². The molecule has 7 nitrogen and oxygen atoms in total.